The van der Waals surface area contributed by atoms with Gasteiger partial charge in [-0.05, 0) is 26.0 Å². The highest BCUT2D eigenvalue weighted by Gasteiger charge is 2.14. The van der Waals surface area contributed by atoms with Gasteiger partial charge in [-0.25, -0.2) is 4.98 Å². The highest BCUT2D eigenvalue weighted by Crippen LogP contribution is 2.27. The molecule has 1 aromatic heterocycles. The first-order chi connectivity index (χ1) is 10.0. The van der Waals surface area contributed by atoms with E-state index >= 15 is 0 Å². The fourth-order valence-electron chi connectivity index (χ4n) is 2.21. The van der Waals surface area contributed by atoms with Crippen LogP contribution in [0.2, 0.25) is 0 Å². The van der Waals surface area contributed by atoms with Gasteiger partial charge in [0.05, 0.1) is 17.5 Å². The van der Waals surface area contributed by atoms with E-state index in [-0.39, 0.29) is 12.0 Å². The van der Waals surface area contributed by atoms with Crippen LogP contribution in [0, 0.1) is 0 Å². The van der Waals surface area contributed by atoms with E-state index in [1.165, 1.54) is 6.92 Å². The summed E-state index contributed by atoms with van der Waals surface area (Å²) in [5, 5.41) is 2.78. The van der Waals surface area contributed by atoms with Crippen molar-refractivity contribution in [3.63, 3.8) is 0 Å². The predicted octanol–water partition coefficient (Wildman–Crippen LogP) is 2.70. The molecule has 5 nitrogen and oxygen atoms in total. The number of alkyl halides is 1. The van der Waals surface area contributed by atoms with Crippen molar-refractivity contribution in [1.82, 2.24) is 14.9 Å². The zero-order valence-corrected chi connectivity index (χ0v) is 13.3. The number of imidazole rings is 1. The molecule has 0 aliphatic heterocycles. The number of nitrogens with one attached hydrogen (secondary N) is 1. The Bertz CT molecular complexity index is 637. The van der Waals surface area contributed by atoms with Gasteiger partial charge in [0, 0.05) is 20.0 Å². The first kappa shape index (κ1) is 15.6. The van der Waals surface area contributed by atoms with E-state index in [1.54, 1.807) is 0 Å². The van der Waals surface area contributed by atoms with Gasteiger partial charge in [0.1, 0.15) is 17.1 Å². The van der Waals surface area contributed by atoms with Gasteiger partial charge < -0.3 is 14.6 Å². The minimum Gasteiger partial charge on any atom is -0.489 e. The van der Waals surface area contributed by atoms with E-state index in [0.717, 1.165) is 22.6 Å². The van der Waals surface area contributed by atoms with E-state index in [4.69, 9.17) is 16.3 Å². The quantitative estimate of drug-likeness (QED) is 0.835. The lowest BCUT2D eigenvalue weighted by atomic mass is 10.3. The second kappa shape index (κ2) is 6.80. The van der Waals surface area contributed by atoms with Crippen LogP contribution in [0.1, 0.15) is 26.6 Å². The maximum atomic E-state index is 11.0. The van der Waals surface area contributed by atoms with Crippen molar-refractivity contribution in [2.75, 3.05) is 6.54 Å². The van der Waals surface area contributed by atoms with Gasteiger partial charge >= 0.3 is 0 Å². The topological polar surface area (TPSA) is 56.2 Å². The Morgan fingerprint density at radius 2 is 2.24 bits per heavy atom. The first-order valence-electron chi connectivity index (χ1n) is 6.98. The van der Waals surface area contributed by atoms with Crippen molar-refractivity contribution in [3.05, 3.63) is 24.0 Å². The summed E-state index contributed by atoms with van der Waals surface area (Å²) >= 11 is 5.99. The molecular weight excluding hydrogens is 290 g/mol. The molecule has 21 heavy (non-hydrogen) atoms. The second-order valence-corrected chi connectivity index (χ2v) is 5.35. The van der Waals surface area contributed by atoms with Gasteiger partial charge in [0.15, 0.2) is 0 Å². The average molecular weight is 310 g/mol. The molecule has 1 amide bonds. The highest BCUT2D eigenvalue weighted by molar-refractivity contribution is 6.16. The Morgan fingerprint density at radius 1 is 1.48 bits per heavy atom. The average Bonchev–Trinajstić information content (AvgIpc) is 2.77. The van der Waals surface area contributed by atoms with Crippen molar-refractivity contribution in [2.45, 2.75) is 39.3 Å². The first-order valence-corrected chi connectivity index (χ1v) is 7.51. The molecule has 2 rings (SSSR count). The Hall–Kier alpha value is -1.75. The van der Waals surface area contributed by atoms with E-state index in [9.17, 15) is 4.79 Å². The number of benzene rings is 1. The summed E-state index contributed by atoms with van der Waals surface area (Å²) in [6.07, 6.45) is 0.0829. The summed E-state index contributed by atoms with van der Waals surface area (Å²) in [4.78, 5) is 15.6. The lowest BCUT2D eigenvalue weighted by Crippen LogP contribution is -2.24. The number of carbonyl (C=O) groups is 1. The molecular formula is C15H20ClN3O2. The maximum Gasteiger partial charge on any atom is 0.216 e. The molecule has 0 spiro atoms. The van der Waals surface area contributed by atoms with Gasteiger partial charge in [-0.3, -0.25) is 4.79 Å². The Balaban J connectivity index is 2.37. The largest absolute Gasteiger partial charge is 0.489 e. The Kier molecular flexibility index (Phi) is 5.07. The summed E-state index contributed by atoms with van der Waals surface area (Å²) in [5.41, 5.74) is 1.78. The van der Waals surface area contributed by atoms with E-state index in [0.29, 0.717) is 19.0 Å². The summed E-state index contributed by atoms with van der Waals surface area (Å²) in [6, 6.07) is 5.83. The third-order valence-corrected chi connectivity index (χ3v) is 3.25. The van der Waals surface area contributed by atoms with Crippen LogP contribution in [0.5, 0.6) is 5.75 Å². The molecule has 0 fully saturated rings. The van der Waals surface area contributed by atoms with Crippen LogP contribution < -0.4 is 10.1 Å². The van der Waals surface area contributed by atoms with Gasteiger partial charge in [-0.1, -0.05) is 6.07 Å². The smallest absolute Gasteiger partial charge is 0.216 e. The zero-order valence-electron chi connectivity index (χ0n) is 12.5. The number of para-hydroxylation sites is 1. The lowest BCUT2D eigenvalue weighted by molar-refractivity contribution is -0.118. The Morgan fingerprint density at radius 3 is 2.86 bits per heavy atom. The number of amides is 1. The normalized spacial score (nSPS) is 11.1. The molecule has 2 aromatic rings. The number of carbonyl (C=O) groups excluding carboxylic acids is 1. The van der Waals surface area contributed by atoms with Gasteiger partial charge in [0.25, 0.3) is 0 Å². The SMILES string of the molecule is CC(=O)NCCn1c(CCl)nc2c(OC(C)C)cccc21. The van der Waals surface area contributed by atoms with Crippen LogP contribution in [0.25, 0.3) is 11.0 Å². The number of nitrogens with zero attached hydrogens (tertiary/aromatic N) is 2. The minimum absolute atomic E-state index is 0.0457. The molecule has 1 N–H and O–H groups in total. The monoisotopic (exact) mass is 309 g/mol. The number of rotatable bonds is 6. The van der Waals surface area contributed by atoms with Crippen LogP contribution >= 0.6 is 11.6 Å². The molecule has 0 saturated carbocycles. The van der Waals surface area contributed by atoms with Crippen molar-refractivity contribution in [2.24, 2.45) is 0 Å². The van der Waals surface area contributed by atoms with Crippen LogP contribution in [0.4, 0.5) is 0 Å². The van der Waals surface area contributed by atoms with E-state index in [2.05, 4.69) is 10.3 Å². The summed E-state index contributed by atoms with van der Waals surface area (Å²) in [6.45, 7) is 6.64. The number of halogens is 1. The van der Waals surface area contributed by atoms with Crippen LogP contribution in [0.3, 0.4) is 0 Å². The van der Waals surface area contributed by atoms with Gasteiger partial charge in [-0.2, -0.15) is 0 Å². The zero-order chi connectivity index (χ0) is 15.4. The third kappa shape index (κ3) is 3.67. The number of hydrogen-bond acceptors (Lipinski definition) is 3. The maximum absolute atomic E-state index is 11.0. The Labute approximate surface area is 129 Å². The molecule has 0 bridgehead atoms. The lowest BCUT2D eigenvalue weighted by Gasteiger charge is -2.11. The summed E-state index contributed by atoms with van der Waals surface area (Å²) in [5.74, 6) is 1.80. The molecule has 0 aliphatic rings. The molecule has 1 aromatic carbocycles. The van der Waals surface area contributed by atoms with Gasteiger partial charge in [0.2, 0.25) is 5.91 Å². The molecule has 114 valence electrons. The van der Waals surface area contributed by atoms with E-state index in [1.807, 2.05) is 36.6 Å². The molecule has 0 aliphatic carbocycles. The third-order valence-electron chi connectivity index (χ3n) is 3.01. The van der Waals surface area contributed by atoms with Crippen molar-refractivity contribution < 1.29 is 9.53 Å². The molecule has 0 radical (unpaired) electrons. The molecule has 1 heterocycles. The number of ether oxygens (including phenoxy) is 1. The van der Waals surface area contributed by atoms with Crippen LogP contribution in [-0.2, 0) is 17.2 Å². The summed E-state index contributed by atoms with van der Waals surface area (Å²) < 4.78 is 7.81. The van der Waals surface area contributed by atoms with Crippen molar-refractivity contribution in [1.29, 1.82) is 0 Å². The molecule has 6 heteroatoms. The standard InChI is InChI=1S/C15H20ClN3O2/c1-10(2)21-13-6-4-5-12-15(13)18-14(9-16)19(12)8-7-17-11(3)20/h4-6,10H,7-9H2,1-3H3,(H,17,20). The number of aromatic nitrogens is 2. The van der Waals surface area contributed by atoms with Crippen LogP contribution in [0.15, 0.2) is 18.2 Å². The molecule has 0 unspecified atom stereocenters. The molecule has 0 saturated heterocycles. The fourth-order valence-corrected chi connectivity index (χ4v) is 2.42. The predicted molar refractivity (Wildman–Crippen MR) is 83.7 cm³/mol. The van der Waals surface area contributed by atoms with Crippen LogP contribution in [-0.4, -0.2) is 28.1 Å². The minimum atomic E-state index is -0.0457. The highest BCUT2D eigenvalue weighted by atomic mass is 35.5. The number of hydrogen-bond donors (Lipinski definition) is 1. The van der Waals surface area contributed by atoms with Gasteiger partial charge in [-0.15, -0.1) is 11.6 Å². The summed E-state index contributed by atoms with van der Waals surface area (Å²) in [7, 11) is 0. The number of fused-ring (bicyclic) bond motifs is 1. The second-order valence-electron chi connectivity index (χ2n) is 5.09. The van der Waals surface area contributed by atoms with Crippen molar-refractivity contribution in [3.8, 4) is 5.75 Å². The van der Waals surface area contributed by atoms with E-state index < -0.39 is 0 Å². The van der Waals surface area contributed by atoms with Crippen molar-refractivity contribution >= 4 is 28.5 Å². The fraction of sp³-hybridized carbons (Fsp3) is 0.467. The molecule has 0 atom stereocenters.